The van der Waals surface area contributed by atoms with Crippen LogP contribution in [0.25, 0.3) is 55.6 Å². The van der Waals surface area contributed by atoms with Gasteiger partial charge in [-0.2, -0.15) is 5.10 Å². The van der Waals surface area contributed by atoms with E-state index in [9.17, 15) is 9.50 Å². The van der Waals surface area contributed by atoms with Crippen molar-refractivity contribution < 1.29 is 9.50 Å². The maximum atomic E-state index is 13.9. The average molecular weight is 423 g/mol. The summed E-state index contributed by atoms with van der Waals surface area (Å²) in [6, 6.07) is 7.82. The fraction of sp³-hybridized carbons (Fsp3) is 0. The Morgan fingerprint density at radius 2 is 1.66 bits per heavy atom. The molecule has 154 valence electrons. The number of aromatic hydroxyl groups is 1. The van der Waals surface area contributed by atoms with Crippen molar-refractivity contribution in [2.75, 3.05) is 0 Å². The lowest BCUT2D eigenvalue weighted by Crippen LogP contribution is -1.86. The van der Waals surface area contributed by atoms with E-state index in [-0.39, 0.29) is 5.75 Å². The molecule has 6 rings (SSSR count). The van der Waals surface area contributed by atoms with Crippen LogP contribution in [0, 0.1) is 5.82 Å². The zero-order valence-corrected chi connectivity index (χ0v) is 16.4. The number of rotatable bonds is 3. The number of nitrogens with zero attached hydrogens (tertiary/aromatic N) is 5. The third-order valence-electron chi connectivity index (χ3n) is 5.30. The summed E-state index contributed by atoms with van der Waals surface area (Å²) >= 11 is 0. The summed E-state index contributed by atoms with van der Waals surface area (Å²) in [5.74, 6) is -0.660. The van der Waals surface area contributed by atoms with E-state index in [4.69, 9.17) is 0 Å². The molecule has 0 aliphatic rings. The smallest absolute Gasteiger partial charge is 0.127 e. The molecule has 9 heteroatoms. The lowest BCUT2D eigenvalue weighted by molar-refractivity contribution is 0.469. The normalized spacial score (nSPS) is 11.4. The first kappa shape index (κ1) is 18.1. The fourth-order valence-corrected chi connectivity index (χ4v) is 3.85. The fourth-order valence-electron chi connectivity index (χ4n) is 3.85. The number of hydrogen-bond acceptors (Lipinski definition) is 6. The summed E-state index contributed by atoms with van der Waals surface area (Å²) < 4.78 is 13.9. The lowest BCUT2D eigenvalue weighted by atomic mass is 10.0. The minimum Gasteiger partial charge on any atom is -0.508 e. The number of aromatic nitrogens is 7. The Morgan fingerprint density at radius 3 is 2.50 bits per heavy atom. The van der Waals surface area contributed by atoms with Crippen LogP contribution in [0.5, 0.6) is 5.75 Å². The van der Waals surface area contributed by atoms with Crippen LogP contribution in [0.15, 0.2) is 67.6 Å². The van der Waals surface area contributed by atoms with E-state index in [2.05, 4.69) is 35.1 Å². The standard InChI is InChI=1S/C23H14FN7O/c24-14-1-12(2-15(32)3-14)18-8-25-9-21-16(18)4-20(29-21)23-17-5-19(13-6-26-11-27-7-13)28-10-22(17)30-31-23/h1-11,29,32H,(H,30,31). The Kier molecular flexibility index (Phi) is 3.94. The van der Waals surface area contributed by atoms with Gasteiger partial charge in [0.25, 0.3) is 0 Å². The van der Waals surface area contributed by atoms with E-state index in [1.165, 1.54) is 18.5 Å². The zero-order valence-electron chi connectivity index (χ0n) is 16.4. The molecule has 32 heavy (non-hydrogen) atoms. The molecule has 6 aromatic rings. The topological polar surface area (TPSA) is 116 Å². The highest BCUT2D eigenvalue weighted by Crippen LogP contribution is 2.35. The molecule has 0 fully saturated rings. The Labute approximate surface area is 179 Å². The van der Waals surface area contributed by atoms with Crippen LogP contribution in [0.3, 0.4) is 0 Å². The number of nitrogens with one attached hydrogen (secondary N) is 2. The van der Waals surface area contributed by atoms with Gasteiger partial charge in [0.1, 0.15) is 23.6 Å². The number of benzene rings is 1. The molecule has 1 aromatic carbocycles. The van der Waals surface area contributed by atoms with Crippen LogP contribution in [0.4, 0.5) is 4.39 Å². The van der Waals surface area contributed by atoms with Gasteiger partial charge in [0.05, 0.1) is 34.8 Å². The number of aromatic amines is 2. The molecule has 0 radical (unpaired) electrons. The SMILES string of the molecule is Oc1cc(F)cc(-c2cncc3[nH]c(-c4n[nH]c5cnc(-c6cncnc6)cc45)cc23)c1. The molecule has 8 nitrogen and oxygen atoms in total. The molecule has 0 saturated heterocycles. The monoisotopic (exact) mass is 423 g/mol. The quantitative estimate of drug-likeness (QED) is 0.387. The summed E-state index contributed by atoms with van der Waals surface area (Å²) in [5, 5.41) is 19.0. The molecule has 5 heterocycles. The van der Waals surface area contributed by atoms with Gasteiger partial charge in [0, 0.05) is 46.6 Å². The van der Waals surface area contributed by atoms with Gasteiger partial charge >= 0.3 is 0 Å². The van der Waals surface area contributed by atoms with E-state index in [0.29, 0.717) is 16.8 Å². The van der Waals surface area contributed by atoms with Gasteiger partial charge in [-0.15, -0.1) is 0 Å². The third-order valence-corrected chi connectivity index (χ3v) is 5.30. The van der Waals surface area contributed by atoms with Crippen molar-refractivity contribution in [3.8, 4) is 39.5 Å². The molecule has 0 spiro atoms. The lowest BCUT2D eigenvalue weighted by Gasteiger charge is -2.04. The number of phenolic OH excluding ortho intramolecular Hbond substituents is 1. The Hall–Kier alpha value is -4.66. The summed E-state index contributed by atoms with van der Waals surface area (Å²) in [6.45, 7) is 0. The number of phenols is 1. The first-order chi connectivity index (χ1) is 15.7. The van der Waals surface area contributed by atoms with E-state index in [1.54, 1.807) is 31.0 Å². The first-order valence-corrected chi connectivity index (χ1v) is 9.72. The van der Waals surface area contributed by atoms with E-state index >= 15 is 0 Å². The largest absolute Gasteiger partial charge is 0.508 e. The van der Waals surface area contributed by atoms with Crippen LogP contribution in [0.1, 0.15) is 0 Å². The summed E-state index contributed by atoms with van der Waals surface area (Å²) in [4.78, 5) is 20.2. The minimum atomic E-state index is -0.518. The van der Waals surface area contributed by atoms with Gasteiger partial charge in [0.2, 0.25) is 0 Å². The molecular weight excluding hydrogens is 409 g/mol. The summed E-state index contributed by atoms with van der Waals surface area (Å²) in [7, 11) is 0. The van der Waals surface area contributed by atoms with E-state index in [0.717, 1.165) is 44.8 Å². The number of halogens is 1. The van der Waals surface area contributed by atoms with Crippen molar-refractivity contribution in [1.29, 1.82) is 0 Å². The van der Waals surface area contributed by atoms with Crippen molar-refractivity contribution >= 4 is 21.8 Å². The maximum absolute atomic E-state index is 13.9. The highest BCUT2D eigenvalue weighted by Gasteiger charge is 2.16. The summed E-state index contributed by atoms with van der Waals surface area (Å²) in [6.07, 6.45) is 9.95. The predicted molar refractivity (Wildman–Crippen MR) is 117 cm³/mol. The average Bonchev–Trinajstić information content (AvgIpc) is 3.42. The molecule has 0 unspecified atom stereocenters. The van der Waals surface area contributed by atoms with Crippen LogP contribution in [-0.2, 0) is 0 Å². The Bertz CT molecular complexity index is 1590. The van der Waals surface area contributed by atoms with Crippen molar-refractivity contribution in [2.24, 2.45) is 0 Å². The second kappa shape index (κ2) is 6.95. The molecule has 0 aliphatic heterocycles. The molecule has 0 saturated carbocycles. The molecule has 0 amide bonds. The molecule has 3 N–H and O–H groups in total. The second-order valence-corrected chi connectivity index (χ2v) is 7.34. The predicted octanol–water partition coefficient (Wildman–Crippen LogP) is 4.47. The number of H-pyrrole nitrogens is 2. The van der Waals surface area contributed by atoms with Crippen molar-refractivity contribution in [1.82, 2.24) is 35.1 Å². The first-order valence-electron chi connectivity index (χ1n) is 9.72. The van der Waals surface area contributed by atoms with Gasteiger partial charge in [0.15, 0.2) is 0 Å². The maximum Gasteiger partial charge on any atom is 0.127 e. The van der Waals surface area contributed by atoms with Gasteiger partial charge in [-0.3, -0.25) is 15.1 Å². The van der Waals surface area contributed by atoms with Crippen molar-refractivity contribution in [3.63, 3.8) is 0 Å². The second-order valence-electron chi connectivity index (χ2n) is 7.34. The highest BCUT2D eigenvalue weighted by molar-refractivity contribution is 6.01. The summed E-state index contributed by atoms with van der Waals surface area (Å²) in [5.41, 5.74) is 5.80. The highest BCUT2D eigenvalue weighted by atomic mass is 19.1. The number of fused-ring (bicyclic) bond motifs is 2. The van der Waals surface area contributed by atoms with E-state index in [1.807, 2.05) is 12.1 Å². The molecule has 0 bridgehead atoms. The number of hydrogen-bond donors (Lipinski definition) is 3. The van der Waals surface area contributed by atoms with Crippen LogP contribution in [0.2, 0.25) is 0 Å². The van der Waals surface area contributed by atoms with Crippen LogP contribution >= 0.6 is 0 Å². The van der Waals surface area contributed by atoms with E-state index < -0.39 is 5.82 Å². The number of pyridine rings is 2. The molecule has 0 atom stereocenters. The van der Waals surface area contributed by atoms with Gasteiger partial charge in [-0.05, 0) is 29.8 Å². The van der Waals surface area contributed by atoms with Crippen molar-refractivity contribution in [2.45, 2.75) is 0 Å². The van der Waals surface area contributed by atoms with Crippen LogP contribution in [-0.4, -0.2) is 40.2 Å². The minimum absolute atomic E-state index is 0.143. The zero-order chi connectivity index (χ0) is 21.7. The molecule has 5 aromatic heterocycles. The van der Waals surface area contributed by atoms with Gasteiger partial charge in [-0.25, -0.2) is 14.4 Å². The van der Waals surface area contributed by atoms with Gasteiger partial charge in [-0.1, -0.05) is 0 Å². The Balaban J connectivity index is 1.52. The van der Waals surface area contributed by atoms with Crippen molar-refractivity contribution in [3.05, 3.63) is 73.5 Å². The Morgan fingerprint density at radius 1 is 0.781 bits per heavy atom. The van der Waals surface area contributed by atoms with Gasteiger partial charge < -0.3 is 10.1 Å². The molecular formula is C23H14FN7O. The van der Waals surface area contributed by atoms with Crippen LogP contribution < -0.4 is 0 Å². The third kappa shape index (κ3) is 2.95. The molecule has 0 aliphatic carbocycles.